The summed E-state index contributed by atoms with van der Waals surface area (Å²) < 4.78 is 2.05. The predicted octanol–water partition coefficient (Wildman–Crippen LogP) is 0.650. The van der Waals surface area contributed by atoms with Gasteiger partial charge < -0.3 is 21.3 Å². The number of rotatable bonds is 5. The summed E-state index contributed by atoms with van der Waals surface area (Å²) in [6, 6.07) is 0.700. The number of amides is 2. The van der Waals surface area contributed by atoms with Crippen molar-refractivity contribution in [2.75, 3.05) is 32.7 Å². The van der Waals surface area contributed by atoms with Gasteiger partial charge in [0, 0.05) is 56.6 Å². The maximum Gasteiger partial charge on any atom is 0.317 e. The minimum Gasteiger partial charge on any atom is -0.350 e. The number of aromatic nitrogens is 2. The zero-order valence-corrected chi connectivity index (χ0v) is 18.8. The Morgan fingerprint density at radius 1 is 1.34 bits per heavy atom. The van der Waals surface area contributed by atoms with Crippen LogP contribution in [0.2, 0.25) is 0 Å². The molecule has 4 aliphatic rings. The Bertz CT molecular complexity index is 935. The first kappa shape index (κ1) is 21.1. The van der Waals surface area contributed by atoms with Crippen LogP contribution in [0.1, 0.15) is 38.3 Å². The van der Waals surface area contributed by atoms with Crippen LogP contribution < -0.4 is 16.4 Å². The van der Waals surface area contributed by atoms with Gasteiger partial charge in [0.25, 0.3) is 0 Å². The van der Waals surface area contributed by atoms with E-state index in [1.807, 2.05) is 31.1 Å². The van der Waals surface area contributed by atoms with E-state index >= 15 is 0 Å². The number of carbonyl (C=O) groups is 1. The quantitative estimate of drug-likeness (QED) is 0.623. The number of likely N-dealkylation sites (tertiary alicyclic amines) is 2. The highest BCUT2D eigenvalue weighted by Crippen LogP contribution is 2.36. The van der Waals surface area contributed by atoms with Crippen molar-refractivity contribution in [1.82, 2.24) is 30.2 Å². The molecule has 2 atom stereocenters. The Balaban J connectivity index is 1.20. The van der Waals surface area contributed by atoms with E-state index in [1.54, 1.807) is 6.34 Å². The van der Waals surface area contributed by atoms with E-state index in [-0.39, 0.29) is 29.6 Å². The standard InChI is InChI=1S/C22H33N9O/c1-15(2)28-21(32)29-7-4-17(5-8-29)30-12-22(11-23,13-30)31-10-16(9-27-31)19-18-3-6-24-20(18)26-14-25-19/h3,6,9-10,14-15,17-19H,4-5,7-8,11-13,23H2,1-2H3,(H,28,32)(H,24,25,26). The van der Waals surface area contributed by atoms with Gasteiger partial charge in [0.1, 0.15) is 17.7 Å². The van der Waals surface area contributed by atoms with Crippen molar-refractivity contribution in [3.63, 3.8) is 0 Å². The number of amidine groups is 1. The number of hydrogen-bond donors (Lipinski definition) is 3. The first-order valence-electron chi connectivity index (χ1n) is 11.6. The molecule has 5 heterocycles. The summed E-state index contributed by atoms with van der Waals surface area (Å²) in [6.07, 6.45) is 11.7. The normalized spacial score (nSPS) is 27.1. The van der Waals surface area contributed by atoms with Gasteiger partial charge in [-0.3, -0.25) is 14.6 Å². The van der Waals surface area contributed by atoms with Crippen molar-refractivity contribution in [2.24, 2.45) is 21.6 Å². The molecule has 172 valence electrons. The topological polar surface area (TPSA) is 116 Å². The molecule has 0 saturated carbocycles. The molecule has 0 radical (unpaired) electrons. The first-order chi connectivity index (χ1) is 15.5. The summed E-state index contributed by atoms with van der Waals surface area (Å²) in [5, 5.41) is 10.9. The van der Waals surface area contributed by atoms with Gasteiger partial charge in [0.2, 0.25) is 0 Å². The fraction of sp³-hybridized carbons (Fsp3) is 0.636. The van der Waals surface area contributed by atoms with E-state index in [0.717, 1.165) is 50.4 Å². The molecule has 2 saturated heterocycles. The number of nitrogens with two attached hydrogens (primary N) is 1. The minimum absolute atomic E-state index is 0.00480. The lowest BCUT2D eigenvalue weighted by molar-refractivity contribution is -0.0375. The van der Waals surface area contributed by atoms with Gasteiger partial charge in [-0.25, -0.2) is 9.79 Å². The van der Waals surface area contributed by atoms with Crippen molar-refractivity contribution >= 4 is 18.2 Å². The highest BCUT2D eigenvalue weighted by atomic mass is 16.2. The lowest BCUT2D eigenvalue weighted by atomic mass is 9.86. The summed E-state index contributed by atoms with van der Waals surface area (Å²) in [4.78, 5) is 25.6. The maximum absolute atomic E-state index is 12.3. The number of nitrogens with zero attached hydrogens (tertiary/aromatic N) is 6. The van der Waals surface area contributed by atoms with Crippen LogP contribution in [-0.2, 0) is 5.54 Å². The molecule has 2 unspecified atom stereocenters. The second-order valence-electron chi connectivity index (χ2n) is 9.63. The summed E-state index contributed by atoms with van der Waals surface area (Å²) in [6.45, 7) is 7.91. The summed E-state index contributed by atoms with van der Waals surface area (Å²) in [5.41, 5.74) is 7.16. The summed E-state index contributed by atoms with van der Waals surface area (Å²) >= 11 is 0. The molecular formula is C22H33N9O. The van der Waals surface area contributed by atoms with Crippen LogP contribution in [0, 0.1) is 5.92 Å². The third-order valence-electron chi connectivity index (χ3n) is 7.10. The van der Waals surface area contributed by atoms with E-state index in [1.165, 1.54) is 0 Å². The lowest BCUT2D eigenvalue weighted by Crippen LogP contribution is -2.69. The number of hydrogen-bond acceptors (Lipinski definition) is 7. The smallest absolute Gasteiger partial charge is 0.317 e. The zero-order valence-electron chi connectivity index (χ0n) is 18.8. The number of fused-ring (bicyclic) bond motifs is 1. The van der Waals surface area contributed by atoms with Crippen LogP contribution in [0.4, 0.5) is 4.79 Å². The summed E-state index contributed by atoms with van der Waals surface area (Å²) in [5.74, 6) is 1.08. The van der Waals surface area contributed by atoms with Gasteiger partial charge in [-0.15, -0.1) is 0 Å². The van der Waals surface area contributed by atoms with Gasteiger partial charge in [-0.05, 0) is 32.9 Å². The Hall–Kier alpha value is -2.72. The molecule has 4 aliphatic heterocycles. The van der Waals surface area contributed by atoms with Crippen LogP contribution in [0.25, 0.3) is 0 Å². The van der Waals surface area contributed by atoms with Crippen LogP contribution in [0.3, 0.4) is 0 Å². The average Bonchev–Trinajstić information content (AvgIpc) is 3.43. The van der Waals surface area contributed by atoms with Crippen LogP contribution in [0.15, 0.2) is 34.7 Å². The predicted molar refractivity (Wildman–Crippen MR) is 124 cm³/mol. The van der Waals surface area contributed by atoms with Crippen molar-refractivity contribution < 1.29 is 4.79 Å². The number of carbonyl (C=O) groups excluding carboxylic acids is 1. The van der Waals surface area contributed by atoms with Crippen molar-refractivity contribution in [3.8, 4) is 0 Å². The van der Waals surface area contributed by atoms with Crippen LogP contribution in [0.5, 0.6) is 0 Å². The van der Waals surface area contributed by atoms with E-state index in [9.17, 15) is 4.79 Å². The van der Waals surface area contributed by atoms with Gasteiger partial charge in [-0.2, -0.15) is 5.10 Å². The second kappa shape index (κ2) is 8.32. The fourth-order valence-corrected chi connectivity index (χ4v) is 5.21. The lowest BCUT2D eigenvalue weighted by Gasteiger charge is -2.54. The monoisotopic (exact) mass is 439 g/mol. The van der Waals surface area contributed by atoms with Gasteiger partial charge in [0.15, 0.2) is 0 Å². The third-order valence-corrected chi connectivity index (χ3v) is 7.10. The number of aliphatic imine (C=N–C) groups is 2. The molecule has 0 spiro atoms. The summed E-state index contributed by atoms with van der Waals surface area (Å²) in [7, 11) is 0. The molecule has 2 amide bonds. The maximum atomic E-state index is 12.3. The van der Waals surface area contributed by atoms with Crippen molar-refractivity contribution in [2.45, 2.75) is 50.4 Å². The molecule has 0 aromatic carbocycles. The number of urea groups is 1. The molecule has 0 bridgehead atoms. The number of piperidine rings is 1. The molecule has 4 N–H and O–H groups in total. The molecule has 10 heteroatoms. The Morgan fingerprint density at radius 3 is 2.84 bits per heavy atom. The zero-order chi connectivity index (χ0) is 22.3. The minimum atomic E-state index is -0.177. The molecular weight excluding hydrogens is 406 g/mol. The third kappa shape index (κ3) is 3.71. The Kier molecular flexibility index (Phi) is 5.50. The van der Waals surface area contributed by atoms with Crippen molar-refractivity contribution in [1.29, 1.82) is 0 Å². The van der Waals surface area contributed by atoms with Gasteiger partial charge in [-0.1, -0.05) is 6.08 Å². The molecule has 1 aromatic rings. The Morgan fingerprint density at radius 2 is 2.12 bits per heavy atom. The van der Waals surface area contributed by atoms with Crippen LogP contribution >= 0.6 is 0 Å². The largest absolute Gasteiger partial charge is 0.350 e. The number of nitrogens with one attached hydrogen (secondary N) is 2. The molecule has 0 aliphatic carbocycles. The fourth-order valence-electron chi connectivity index (χ4n) is 5.21. The Labute approximate surface area is 188 Å². The van der Waals surface area contributed by atoms with Gasteiger partial charge >= 0.3 is 6.03 Å². The highest BCUT2D eigenvalue weighted by Gasteiger charge is 2.47. The highest BCUT2D eigenvalue weighted by molar-refractivity contribution is 5.96. The second-order valence-corrected chi connectivity index (χ2v) is 9.63. The van der Waals surface area contributed by atoms with Crippen molar-refractivity contribution in [3.05, 3.63) is 30.2 Å². The van der Waals surface area contributed by atoms with Crippen LogP contribution in [-0.4, -0.2) is 82.6 Å². The molecule has 10 nitrogen and oxygen atoms in total. The SMILES string of the molecule is CC(C)NC(=O)N1CCC(N2CC(CN)(n3cc(C4N=CN=C5NC=CC54)cn3)C2)CC1. The van der Waals surface area contributed by atoms with E-state index in [0.29, 0.717) is 12.6 Å². The molecule has 2 fully saturated rings. The molecule has 32 heavy (non-hydrogen) atoms. The molecule has 1 aromatic heterocycles. The average molecular weight is 440 g/mol. The first-order valence-corrected chi connectivity index (χ1v) is 11.6. The van der Waals surface area contributed by atoms with E-state index in [2.05, 4.69) is 42.5 Å². The van der Waals surface area contributed by atoms with Gasteiger partial charge in [0.05, 0.1) is 18.2 Å². The van der Waals surface area contributed by atoms with E-state index in [4.69, 9.17) is 10.8 Å². The molecule has 5 rings (SSSR count). The van der Waals surface area contributed by atoms with E-state index < -0.39 is 0 Å².